The zero-order valence-corrected chi connectivity index (χ0v) is 18.4. The van der Waals surface area contributed by atoms with Crippen molar-refractivity contribution < 1.29 is 9.21 Å². The fourth-order valence-electron chi connectivity index (χ4n) is 2.95. The number of anilines is 1. The van der Waals surface area contributed by atoms with Crippen LogP contribution in [0, 0.1) is 19.8 Å². The Kier molecular flexibility index (Phi) is 6.79. The Morgan fingerprint density at radius 3 is 2.76 bits per heavy atom. The number of fused-ring (bicyclic) bond motifs is 1. The summed E-state index contributed by atoms with van der Waals surface area (Å²) in [6.07, 6.45) is 1.78. The van der Waals surface area contributed by atoms with E-state index in [9.17, 15) is 4.79 Å². The molecule has 0 spiro atoms. The highest BCUT2D eigenvalue weighted by Gasteiger charge is 2.15. The number of carbonyl (C=O) groups is 1. The molecular formula is C20H28N6O2S. The van der Waals surface area contributed by atoms with Crippen LogP contribution < -0.4 is 10.6 Å². The monoisotopic (exact) mass is 416 g/mol. The number of furan rings is 1. The zero-order valence-electron chi connectivity index (χ0n) is 17.6. The van der Waals surface area contributed by atoms with Crippen LogP contribution in [0.15, 0.2) is 21.8 Å². The van der Waals surface area contributed by atoms with Crippen molar-refractivity contribution in [3.63, 3.8) is 0 Å². The van der Waals surface area contributed by atoms with Crippen LogP contribution in [0.3, 0.4) is 0 Å². The van der Waals surface area contributed by atoms with E-state index < -0.39 is 0 Å². The topological polar surface area (TPSA) is 97.9 Å². The van der Waals surface area contributed by atoms with Crippen molar-refractivity contribution in [2.45, 2.75) is 46.3 Å². The van der Waals surface area contributed by atoms with Gasteiger partial charge in [0.05, 0.1) is 23.7 Å². The molecule has 3 heterocycles. The Balaban J connectivity index is 1.75. The first-order chi connectivity index (χ1) is 13.9. The molecule has 156 valence electrons. The molecule has 3 aromatic rings. The Bertz CT molecular complexity index is 994. The van der Waals surface area contributed by atoms with Gasteiger partial charge in [0.15, 0.2) is 10.8 Å². The van der Waals surface area contributed by atoms with Gasteiger partial charge in [-0.3, -0.25) is 4.79 Å². The smallest absolute Gasteiger partial charge is 0.254 e. The van der Waals surface area contributed by atoms with Gasteiger partial charge in [0.2, 0.25) is 0 Å². The van der Waals surface area contributed by atoms with Gasteiger partial charge in [0.25, 0.3) is 5.91 Å². The first kappa shape index (κ1) is 21.2. The predicted molar refractivity (Wildman–Crippen MR) is 116 cm³/mol. The van der Waals surface area contributed by atoms with Crippen molar-refractivity contribution in [2.75, 3.05) is 24.2 Å². The van der Waals surface area contributed by atoms with E-state index >= 15 is 0 Å². The summed E-state index contributed by atoms with van der Waals surface area (Å²) in [5.74, 6) is 3.40. The third-order valence-corrected chi connectivity index (χ3v) is 5.05. The number of amides is 1. The van der Waals surface area contributed by atoms with Gasteiger partial charge in [-0.25, -0.2) is 14.6 Å². The largest absolute Gasteiger partial charge is 0.466 e. The summed E-state index contributed by atoms with van der Waals surface area (Å²) >= 11 is 1.60. The van der Waals surface area contributed by atoms with Gasteiger partial charge < -0.3 is 15.1 Å². The predicted octanol–water partition coefficient (Wildman–Crippen LogP) is 3.65. The molecule has 2 N–H and O–H groups in total. The van der Waals surface area contributed by atoms with Crippen molar-refractivity contribution in [1.29, 1.82) is 0 Å². The number of hydrogen-bond acceptors (Lipinski definition) is 7. The van der Waals surface area contributed by atoms with E-state index in [2.05, 4.69) is 46.5 Å². The molecule has 0 fully saturated rings. The lowest BCUT2D eigenvalue weighted by Gasteiger charge is -2.11. The van der Waals surface area contributed by atoms with E-state index in [0.29, 0.717) is 30.3 Å². The number of aryl methyl sites for hydroxylation is 2. The van der Waals surface area contributed by atoms with E-state index in [0.717, 1.165) is 40.1 Å². The van der Waals surface area contributed by atoms with E-state index in [-0.39, 0.29) is 5.91 Å². The maximum absolute atomic E-state index is 12.4. The van der Waals surface area contributed by atoms with Crippen LogP contribution in [0.2, 0.25) is 0 Å². The number of thioether (sulfide) groups is 1. The number of nitrogens with one attached hydrogen (secondary N) is 2. The van der Waals surface area contributed by atoms with Crippen molar-refractivity contribution in [2.24, 2.45) is 5.92 Å². The van der Waals surface area contributed by atoms with Gasteiger partial charge in [-0.15, -0.1) is 0 Å². The molecule has 0 bridgehead atoms. The first-order valence-corrected chi connectivity index (χ1v) is 10.8. The molecule has 8 nitrogen and oxygen atoms in total. The molecule has 1 amide bonds. The maximum atomic E-state index is 12.4. The van der Waals surface area contributed by atoms with E-state index in [1.807, 2.05) is 11.6 Å². The molecule has 0 aliphatic heterocycles. The molecule has 9 heteroatoms. The molecule has 3 aromatic heterocycles. The molecule has 0 radical (unpaired) electrons. The highest BCUT2D eigenvalue weighted by molar-refractivity contribution is 7.99. The first-order valence-electron chi connectivity index (χ1n) is 9.84. The van der Waals surface area contributed by atoms with Crippen LogP contribution in [-0.4, -0.2) is 44.5 Å². The van der Waals surface area contributed by atoms with Crippen LogP contribution in [0.4, 0.5) is 5.82 Å². The summed E-state index contributed by atoms with van der Waals surface area (Å²) in [5, 5.41) is 12.4. The quantitative estimate of drug-likeness (QED) is 0.406. The number of carbonyl (C=O) groups excluding carboxylic acids is 1. The van der Waals surface area contributed by atoms with Crippen molar-refractivity contribution in [3.05, 3.63) is 29.3 Å². The lowest BCUT2D eigenvalue weighted by Crippen LogP contribution is -2.27. The van der Waals surface area contributed by atoms with E-state index in [1.165, 1.54) is 0 Å². The van der Waals surface area contributed by atoms with Crippen LogP contribution in [-0.2, 0) is 6.54 Å². The lowest BCUT2D eigenvalue weighted by molar-refractivity contribution is 0.0950. The normalized spacial score (nSPS) is 11.4. The Hall–Kier alpha value is -2.55. The Morgan fingerprint density at radius 2 is 2.10 bits per heavy atom. The van der Waals surface area contributed by atoms with Crippen molar-refractivity contribution in [1.82, 2.24) is 25.1 Å². The molecule has 0 aliphatic carbocycles. The molecule has 0 saturated carbocycles. The average molecular weight is 417 g/mol. The van der Waals surface area contributed by atoms with Crippen molar-refractivity contribution in [3.8, 4) is 0 Å². The highest BCUT2D eigenvalue weighted by atomic mass is 32.2. The Labute approximate surface area is 174 Å². The fourth-order valence-corrected chi connectivity index (χ4v) is 3.52. The van der Waals surface area contributed by atoms with Gasteiger partial charge in [-0.05, 0) is 31.6 Å². The van der Waals surface area contributed by atoms with E-state index in [4.69, 9.17) is 4.42 Å². The number of aromatic nitrogens is 4. The van der Waals surface area contributed by atoms with Crippen molar-refractivity contribution >= 4 is 34.5 Å². The van der Waals surface area contributed by atoms with E-state index in [1.54, 1.807) is 30.9 Å². The summed E-state index contributed by atoms with van der Waals surface area (Å²) in [6, 6.07) is 1.75. The van der Waals surface area contributed by atoms with Crippen LogP contribution in [0.5, 0.6) is 0 Å². The fraction of sp³-hybridized carbons (Fsp3) is 0.500. The van der Waals surface area contributed by atoms with Gasteiger partial charge in [0, 0.05) is 13.1 Å². The van der Waals surface area contributed by atoms with Gasteiger partial charge in [-0.1, -0.05) is 32.5 Å². The lowest BCUT2D eigenvalue weighted by atomic mass is 10.2. The zero-order chi connectivity index (χ0) is 21.0. The van der Waals surface area contributed by atoms with Gasteiger partial charge in [0.1, 0.15) is 17.3 Å². The Morgan fingerprint density at radius 1 is 1.31 bits per heavy atom. The molecule has 0 aromatic carbocycles. The minimum absolute atomic E-state index is 0.146. The SMILES string of the molecule is CCSc1nc(NCC(C)C)c2cnn(CCNC(=O)c3cc(C)oc3C)c2n1. The summed E-state index contributed by atoms with van der Waals surface area (Å²) < 4.78 is 7.24. The summed E-state index contributed by atoms with van der Waals surface area (Å²) in [6.45, 7) is 11.8. The summed E-state index contributed by atoms with van der Waals surface area (Å²) in [7, 11) is 0. The number of rotatable bonds is 9. The molecular weight excluding hydrogens is 388 g/mol. The minimum Gasteiger partial charge on any atom is -0.466 e. The molecule has 0 aliphatic rings. The third kappa shape index (κ3) is 5.09. The second-order valence-electron chi connectivity index (χ2n) is 7.25. The minimum atomic E-state index is -0.146. The van der Waals surface area contributed by atoms with Crippen LogP contribution in [0.1, 0.15) is 42.6 Å². The van der Waals surface area contributed by atoms with Crippen LogP contribution in [0.25, 0.3) is 11.0 Å². The van der Waals surface area contributed by atoms with Gasteiger partial charge in [-0.2, -0.15) is 5.10 Å². The summed E-state index contributed by atoms with van der Waals surface area (Å²) in [5.41, 5.74) is 1.34. The second-order valence-corrected chi connectivity index (χ2v) is 8.48. The third-order valence-electron chi connectivity index (χ3n) is 4.32. The average Bonchev–Trinajstić information content (AvgIpc) is 3.22. The number of hydrogen-bond donors (Lipinski definition) is 2. The molecule has 0 saturated heterocycles. The molecule has 3 rings (SSSR count). The maximum Gasteiger partial charge on any atom is 0.254 e. The number of nitrogens with zero attached hydrogens (tertiary/aromatic N) is 4. The van der Waals surface area contributed by atoms with Gasteiger partial charge >= 0.3 is 0 Å². The molecule has 0 unspecified atom stereocenters. The molecule has 0 atom stereocenters. The standard InChI is InChI=1S/C20H28N6O2S/c1-6-29-20-24-17(22-10-12(2)3)16-11-23-26(18(16)25-20)8-7-21-19(27)15-9-13(4)28-14(15)5/h9,11-12H,6-8,10H2,1-5H3,(H,21,27)(H,22,24,25). The highest BCUT2D eigenvalue weighted by Crippen LogP contribution is 2.24. The molecule has 29 heavy (non-hydrogen) atoms. The second kappa shape index (κ2) is 9.30. The summed E-state index contributed by atoms with van der Waals surface area (Å²) in [4.78, 5) is 21.7. The van der Waals surface area contributed by atoms with Crippen LogP contribution >= 0.6 is 11.8 Å².